The molecule has 0 aliphatic carbocycles. The van der Waals surface area contributed by atoms with Crippen LogP contribution in [0.3, 0.4) is 0 Å². The number of hydrogen-bond donors (Lipinski definition) is 1. The van der Waals surface area contributed by atoms with E-state index in [0.29, 0.717) is 0 Å². The molecular weight excluding hydrogens is 338 g/mol. The number of carbonyl (C=O) groups excluding carboxylic acids is 1. The Labute approximate surface area is 147 Å². The second-order valence-corrected chi connectivity index (χ2v) is 5.65. The molecule has 0 unspecified atom stereocenters. The first-order valence-corrected chi connectivity index (χ1v) is 7.82. The van der Waals surface area contributed by atoms with Crippen LogP contribution in [0.2, 0.25) is 0 Å². The molecule has 3 aromatic rings. The molecule has 3 aromatic heterocycles. The van der Waals surface area contributed by atoms with Crippen molar-refractivity contribution in [3.05, 3.63) is 57.3 Å². The summed E-state index contributed by atoms with van der Waals surface area (Å²) in [5, 5.41) is 3.86. The molecule has 0 atom stereocenters. The predicted octanol–water partition coefficient (Wildman–Crippen LogP) is -0.631. The lowest BCUT2D eigenvalue weighted by molar-refractivity contribution is -0.121. The first-order valence-electron chi connectivity index (χ1n) is 7.82. The Morgan fingerprint density at radius 2 is 2.12 bits per heavy atom. The van der Waals surface area contributed by atoms with Crippen molar-refractivity contribution in [3.8, 4) is 0 Å². The molecule has 0 saturated heterocycles. The third-order valence-corrected chi connectivity index (χ3v) is 3.88. The Morgan fingerprint density at radius 3 is 2.85 bits per heavy atom. The number of nitrogens with one attached hydrogen (secondary N) is 1. The van der Waals surface area contributed by atoms with Gasteiger partial charge in [-0.05, 0) is 6.07 Å². The number of fused-ring (bicyclic) bond motifs is 1. The number of carbonyl (C=O) groups is 1. The molecule has 0 spiro atoms. The van der Waals surface area contributed by atoms with E-state index in [1.165, 1.54) is 24.2 Å². The van der Waals surface area contributed by atoms with E-state index in [-0.39, 0.29) is 30.0 Å². The van der Waals surface area contributed by atoms with Gasteiger partial charge >= 0.3 is 5.69 Å². The lowest BCUT2D eigenvalue weighted by Crippen LogP contribution is -2.37. The van der Waals surface area contributed by atoms with Crippen LogP contribution in [-0.2, 0) is 25.4 Å². The minimum absolute atomic E-state index is 0.0990. The lowest BCUT2D eigenvalue weighted by Gasteiger charge is -2.06. The van der Waals surface area contributed by atoms with Gasteiger partial charge in [-0.2, -0.15) is 5.10 Å². The van der Waals surface area contributed by atoms with Gasteiger partial charge < -0.3 is 4.57 Å². The first kappa shape index (κ1) is 17.3. The molecule has 0 aromatic carbocycles. The summed E-state index contributed by atoms with van der Waals surface area (Å²) in [7, 11) is 2.95. The van der Waals surface area contributed by atoms with Crippen LogP contribution < -0.4 is 16.7 Å². The zero-order chi connectivity index (χ0) is 18.7. The molecule has 1 N–H and O–H groups in total. The molecule has 134 valence electrons. The van der Waals surface area contributed by atoms with E-state index < -0.39 is 11.2 Å². The minimum atomic E-state index is -0.449. The number of nitrogens with zero attached hydrogens (tertiary/aromatic N) is 6. The Bertz CT molecular complexity index is 1090. The van der Waals surface area contributed by atoms with Gasteiger partial charge in [0, 0.05) is 45.0 Å². The fraction of sp³-hybridized carbons (Fsp3) is 0.250. The average molecular weight is 355 g/mol. The fourth-order valence-corrected chi connectivity index (χ4v) is 2.48. The Kier molecular flexibility index (Phi) is 4.74. The van der Waals surface area contributed by atoms with Crippen molar-refractivity contribution in [2.45, 2.75) is 13.0 Å². The molecule has 0 bridgehead atoms. The van der Waals surface area contributed by atoms with Crippen LogP contribution in [0.4, 0.5) is 0 Å². The number of imidazole rings is 1. The normalized spacial score (nSPS) is 11.3. The molecule has 3 rings (SSSR count). The van der Waals surface area contributed by atoms with E-state index in [9.17, 15) is 14.4 Å². The third-order valence-electron chi connectivity index (χ3n) is 3.88. The molecule has 0 saturated carbocycles. The highest BCUT2D eigenvalue weighted by molar-refractivity contribution is 5.82. The van der Waals surface area contributed by atoms with Gasteiger partial charge in [-0.1, -0.05) is 6.07 Å². The zero-order valence-electron chi connectivity index (χ0n) is 14.3. The van der Waals surface area contributed by atoms with Crippen molar-refractivity contribution in [3.63, 3.8) is 0 Å². The van der Waals surface area contributed by atoms with Crippen LogP contribution in [0, 0.1) is 0 Å². The predicted molar refractivity (Wildman–Crippen MR) is 94.8 cm³/mol. The highest BCUT2D eigenvalue weighted by atomic mass is 16.2. The quantitative estimate of drug-likeness (QED) is 0.483. The summed E-state index contributed by atoms with van der Waals surface area (Å²) in [6.45, 7) is 0.234. The summed E-state index contributed by atoms with van der Waals surface area (Å²) < 4.78 is 3.87. The van der Waals surface area contributed by atoms with Crippen molar-refractivity contribution in [2.24, 2.45) is 19.2 Å². The second-order valence-electron chi connectivity index (χ2n) is 5.65. The fourth-order valence-electron chi connectivity index (χ4n) is 2.48. The topological polar surface area (TPSA) is 116 Å². The van der Waals surface area contributed by atoms with E-state index >= 15 is 0 Å². The number of aromatic nitrogens is 5. The molecule has 3 heterocycles. The van der Waals surface area contributed by atoms with Crippen LogP contribution in [0.5, 0.6) is 0 Å². The number of pyridine rings is 1. The minimum Gasteiger partial charge on any atom is -0.324 e. The molecule has 1 amide bonds. The van der Waals surface area contributed by atoms with Crippen LogP contribution in [-0.4, -0.2) is 35.8 Å². The maximum atomic E-state index is 12.3. The van der Waals surface area contributed by atoms with Gasteiger partial charge in [0.2, 0.25) is 5.91 Å². The molecule has 0 aliphatic rings. The van der Waals surface area contributed by atoms with Gasteiger partial charge in [-0.25, -0.2) is 15.2 Å². The Hall–Kier alpha value is -3.56. The van der Waals surface area contributed by atoms with E-state index in [0.717, 1.165) is 10.1 Å². The third kappa shape index (κ3) is 3.29. The van der Waals surface area contributed by atoms with Gasteiger partial charge in [-0.3, -0.25) is 23.7 Å². The van der Waals surface area contributed by atoms with Gasteiger partial charge in [0.15, 0.2) is 11.2 Å². The highest BCUT2D eigenvalue weighted by Gasteiger charge is 2.14. The van der Waals surface area contributed by atoms with E-state index in [4.69, 9.17) is 0 Å². The molecule has 0 radical (unpaired) electrons. The smallest absolute Gasteiger partial charge is 0.324 e. The highest BCUT2D eigenvalue weighted by Crippen LogP contribution is 2.06. The van der Waals surface area contributed by atoms with Gasteiger partial charge in [0.05, 0.1) is 12.5 Å². The second kappa shape index (κ2) is 7.13. The van der Waals surface area contributed by atoms with Crippen LogP contribution in [0.25, 0.3) is 11.2 Å². The van der Waals surface area contributed by atoms with Crippen molar-refractivity contribution < 1.29 is 4.79 Å². The van der Waals surface area contributed by atoms with Crippen molar-refractivity contribution in [1.29, 1.82) is 0 Å². The van der Waals surface area contributed by atoms with Crippen molar-refractivity contribution in [1.82, 2.24) is 29.1 Å². The first-order chi connectivity index (χ1) is 12.5. The number of rotatable bonds is 5. The number of aryl methyl sites for hydroxylation is 2. The van der Waals surface area contributed by atoms with Crippen molar-refractivity contribution in [2.75, 3.05) is 0 Å². The summed E-state index contributed by atoms with van der Waals surface area (Å²) in [5.41, 5.74) is 2.85. The van der Waals surface area contributed by atoms with Gasteiger partial charge in [0.1, 0.15) is 0 Å². The maximum Gasteiger partial charge on any atom is 0.332 e. The molecular formula is C16H17N7O3. The van der Waals surface area contributed by atoms with Crippen LogP contribution >= 0.6 is 0 Å². The monoisotopic (exact) mass is 355 g/mol. The standard InChI is InChI=1S/C16H17N7O3/c1-21-14-13(15(25)22(2)16(21)26)23(10-18-14)7-5-12(24)20-19-9-11-4-3-6-17-8-11/h3-4,6,8-10H,5,7H2,1-2H3,(H,20,24). The summed E-state index contributed by atoms with van der Waals surface area (Å²) in [5.74, 6) is -0.311. The summed E-state index contributed by atoms with van der Waals surface area (Å²) >= 11 is 0. The summed E-state index contributed by atoms with van der Waals surface area (Å²) in [6.07, 6.45) is 6.29. The summed E-state index contributed by atoms with van der Waals surface area (Å²) in [4.78, 5) is 44.2. The molecule has 0 aliphatic heterocycles. The zero-order valence-corrected chi connectivity index (χ0v) is 14.3. The van der Waals surface area contributed by atoms with Gasteiger partial charge in [0.25, 0.3) is 5.56 Å². The molecule has 0 fully saturated rings. The van der Waals surface area contributed by atoms with Crippen LogP contribution in [0.1, 0.15) is 12.0 Å². The van der Waals surface area contributed by atoms with Crippen molar-refractivity contribution >= 4 is 23.3 Å². The lowest BCUT2D eigenvalue weighted by atomic mass is 10.3. The van der Waals surface area contributed by atoms with Crippen LogP contribution in [0.15, 0.2) is 45.5 Å². The molecule has 26 heavy (non-hydrogen) atoms. The average Bonchev–Trinajstić information content (AvgIpc) is 3.08. The summed E-state index contributed by atoms with van der Waals surface area (Å²) in [6, 6.07) is 3.57. The molecule has 10 heteroatoms. The largest absolute Gasteiger partial charge is 0.332 e. The van der Waals surface area contributed by atoms with Gasteiger partial charge in [-0.15, -0.1) is 0 Å². The SMILES string of the molecule is Cn1c(=O)c2c(ncn2CCC(=O)NN=Cc2cccnc2)n(C)c1=O. The van der Waals surface area contributed by atoms with E-state index in [1.54, 1.807) is 36.1 Å². The van der Waals surface area contributed by atoms with E-state index in [2.05, 4.69) is 20.5 Å². The number of amides is 1. The number of hydrogen-bond acceptors (Lipinski definition) is 6. The van der Waals surface area contributed by atoms with E-state index in [1.807, 2.05) is 0 Å². The number of hydrazone groups is 1. The Balaban J connectivity index is 1.70. The Morgan fingerprint density at radius 1 is 1.31 bits per heavy atom. The maximum absolute atomic E-state index is 12.3. The molecule has 10 nitrogen and oxygen atoms in total.